The zero-order valence-electron chi connectivity index (χ0n) is 24.9. The van der Waals surface area contributed by atoms with Crippen LogP contribution in [-0.2, 0) is 39.0 Å². The molecule has 7 nitrogen and oxygen atoms in total. The van der Waals surface area contributed by atoms with E-state index in [1.54, 1.807) is 29.2 Å². The van der Waals surface area contributed by atoms with Gasteiger partial charge in [0.25, 0.3) is 0 Å². The standard InChI is InChI=1S/C33H42FN3O4S/c1-5-25(3)35-33(39)31(23-27-11-8-7-9-12-27)36(24-28-14-18-29(34)19-15-28)32(38)13-10-22-37(42(4,40)41)30-20-16-26(6-2)17-21-30/h7-9,11-12,14-21,25,31H,5-6,10,13,22-24H2,1-4H3,(H,35,39)/t25-,31+/m1/s1. The van der Waals surface area contributed by atoms with E-state index >= 15 is 0 Å². The van der Waals surface area contributed by atoms with E-state index < -0.39 is 16.1 Å². The van der Waals surface area contributed by atoms with Crippen LogP contribution in [0.5, 0.6) is 0 Å². The van der Waals surface area contributed by atoms with Crippen molar-refractivity contribution in [2.24, 2.45) is 0 Å². The first kappa shape index (κ1) is 32.8. The molecule has 0 heterocycles. The van der Waals surface area contributed by atoms with E-state index in [-0.39, 0.29) is 49.6 Å². The fourth-order valence-electron chi connectivity index (χ4n) is 4.68. The first-order chi connectivity index (χ1) is 20.0. The Hall–Kier alpha value is -3.72. The molecule has 9 heteroatoms. The summed E-state index contributed by atoms with van der Waals surface area (Å²) in [7, 11) is -3.59. The third-order valence-corrected chi connectivity index (χ3v) is 8.52. The minimum atomic E-state index is -3.59. The number of amides is 2. The first-order valence-electron chi connectivity index (χ1n) is 14.5. The van der Waals surface area contributed by atoms with Gasteiger partial charge in [0.1, 0.15) is 11.9 Å². The van der Waals surface area contributed by atoms with E-state index in [4.69, 9.17) is 0 Å². The van der Waals surface area contributed by atoms with Crippen LogP contribution in [0.2, 0.25) is 0 Å². The Morgan fingerprint density at radius 2 is 1.50 bits per heavy atom. The number of nitrogens with zero attached hydrogens (tertiary/aromatic N) is 2. The summed E-state index contributed by atoms with van der Waals surface area (Å²) in [6, 6.07) is 21.8. The molecule has 0 unspecified atom stereocenters. The summed E-state index contributed by atoms with van der Waals surface area (Å²) < 4.78 is 40.3. The molecule has 3 aromatic rings. The second-order valence-electron chi connectivity index (χ2n) is 10.6. The molecule has 0 fully saturated rings. The molecule has 0 aliphatic heterocycles. The van der Waals surface area contributed by atoms with Crippen LogP contribution in [0.1, 0.15) is 56.7 Å². The predicted molar refractivity (Wildman–Crippen MR) is 166 cm³/mol. The molecular weight excluding hydrogens is 553 g/mol. The van der Waals surface area contributed by atoms with Crippen molar-refractivity contribution in [1.29, 1.82) is 0 Å². The molecule has 0 saturated heterocycles. The molecule has 1 N–H and O–H groups in total. The Labute approximate surface area is 249 Å². The Morgan fingerprint density at radius 1 is 0.881 bits per heavy atom. The molecule has 0 aliphatic rings. The van der Waals surface area contributed by atoms with Crippen molar-refractivity contribution in [1.82, 2.24) is 10.2 Å². The molecule has 2 atom stereocenters. The van der Waals surface area contributed by atoms with Gasteiger partial charge in [-0.25, -0.2) is 12.8 Å². The van der Waals surface area contributed by atoms with Gasteiger partial charge in [-0.1, -0.05) is 68.4 Å². The molecule has 2 amide bonds. The summed E-state index contributed by atoms with van der Waals surface area (Å²) in [4.78, 5) is 29.0. The van der Waals surface area contributed by atoms with Gasteiger partial charge in [0.2, 0.25) is 21.8 Å². The van der Waals surface area contributed by atoms with E-state index in [0.29, 0.717) is 17.7 Å². The summed E-state index contributed by atoms with van der Waals surface area (Å²) in [6.07, 6.45) is 3.31. The first-order valence-corrected chi connectivity index (χ1v) is 16.3. The minimum Gasteiger partial charge on any atom is -0.352 e. The lowest BCUT2D eigenvalue weighted by Gasteiger charge is -2.32. The van der Waals surface area contributed by atoms with Crippen LogP contribution in [0.3, 0.4) is 0 Å². The molecule has 0 spiro atoms. The fraction of sp³-hybridized carbons (Fsp3) is 0.394. The monoisotopic (exact) mass is 595 g/mol. The number of sulfonamides is 1. The van der Waals surface area contributed by atoms with Crippen molar-refractivity contribution in [2.75, 3.05) is 17.1 Å². The number of carbonyl (C=O) groups is 2. The number of benzene rings is 3. The number of aryl methyl sites for hydroxylation is 1. The van der Waals surface area contributed by atoms with E-state index in [9.17, 15) is 22.4 Å². The second-order valence-corrected chi connectivity index (χ2v) is 12.5. The van der Waals surface area contributed by atoms with Crippen LogP contribution in [0.15, 0.2) is 78.9 Å². The van der Waals surface area contributed by atoms with Crippen LogP contribution in [-0.4, -0.2) is 50.0 Å². The van der Waals surface area contributed by atoms with Crippen molar-refractivity contribution >= 4 is 27.5 Å². The van der Waals surface area contributed by atoms with E-state index in [1.807, 2.05) is 63.2 Å². The largest absolute Gasteiger partial charge is 0.352 e. The molecule has 0 aliphatic carbocycles. The summed E-state index contributed by atoms with van der Waals surface area (Å²) in [6.45, 7) is 6.14. The number of carbonyl (C=O) groups excluding carboxylic acids is 2. The average Bonchev–Trinajstić information content (AvgIpc) is 2.97. The average molecular weight is 596 g/mol. The molecule has 0 bridgehead atoms. The zero-order chi connectivity index (χ0) is 30.7. The van der Waals surface area contributed by atoms with Crippen molar-refractivity contribution in [3.63, 3.8) is 0 Å². The lowest BCUT2D eigenvalue weighted by Crippen LogP contribution is -2.52. The van der Waals surface area contributed by atoms with Crippen molar-refractivity contribution in [2.45, 2.75) is 71.5 Å². The maximum atomic E-state index is 13.9. The van der Waals surface area contributed by atoms with E-state index in [2.05, 4.69) is 5.32 Å². The highest BCUT2D eigenvalue weighted by atomic mass is 32.2. The highest BCUT2D eigenvalue weighted by Gasteiger charge is 2.31. The normalized spacial score (nSPS) is 12.8. The zero-order valence-corrected chi connectivity index (χ0v) is 25.7. The molecule has 42 heavy (non-hydrogen) atoms. The van der Waals surface area contributed by atoms with Gasteiger partial charge in [0.05, 0.1) is 11.9 Å². The summed E-state index contributed by atoms with van der Waals surface area (Å²) in [5, 5.41) is 3.02. The van der Waals surface area contributed by atoms with Gasteiger partial charge in [-0.15, -0.1) is 0 Å². The van der Waals surface area contributed by atoms with Gasteiger partial charge in [-0.05, 0) is 67.1 Å². The molecular formula is C33H42FN3O4S. The molecule has 3 rings (SSSR count). The second kappa shape index (κ2) is 15.5. The number of hydrogen-bond acceptors (Lipinski definition) is 4. The van der Waals surface area contributed by atoms with Gasteiger partial charge in [-0.3, -0.25) is 13.9 Å². The molecule has 226 valence electrons. The van der Waals surface area contributed by atoms with Crippen LogP contribution >= 0.6 is 0 Å². The van der Waals surface area contributed by atoms with Gasteiger partial charge in [0, 0.05) is 32.0 Å². The SMILES string of the molecule is CCc1ccc(N(CCCC(=O)N(Cc2ccc(F)cc2)[C@@H](Cc2ccccc2)C(=O)N[C@H](C)CC)S(C)(=O)=O)cc1. The molecule has 0 aromatic heterocycles. The van der Waals surface area contributed by atoms with E-state index in [1.165, 1.54) is 16.4 Å². The Morgan fingerprint density at radius 3 is 2.07 bits per heavy atom. The lowest BCUT2D eigenvalue weighted by atomic mass is 10.0. The number of anilines is 1. The summed E-state index contributed by atoms with van der Waals surface area (Å²) in [5.74, 6) is -0.938. The smallest absolute Gasteiger partial charge is 0.243 e. The third-order valence-electron chi connectivity index (χ3n) is 7.32. The maximum absolute atomic E-state index is 13.9. The van der Waals surface area contributed by atoms with Crippen LogP contribution < -0.4 is 9.62 Å². The van der Waals surface area contributed by atoms with E-state index in [0.717, 1.165) is 30.2 Å². The Balaban J connectivity index is 1.87. The Kier molecular flexibility index (Phi) is 12.1. The van der Waals surface area contributed by atoms with Gasteiger partial charge in [0.15, 0.2) is 0 Å². The number of halogens is 1. The van der Waals surface area contributed by atoms with Gasteiger partial charge < -0.3 is 10.2 Å². The molecule has 3 aromatic carbocycles. The van der Waals surface area contributed by atoms with Crippen LogP contribution in [0, 0.1) is 5.82 Å². The fourth-order valence-corrected chi connectivity index (χ4v) is 5.65. The number of hydrogen-bond donors (Lipinski definition) is 1. The Bertz CT molecular complexity index is 1400. The van der Waals surface area contributed by atoms with Gasteiger partial charge >= 0.3 is 0 Å². The van der Waals surface area contributed by atoms with Gasteiger partial charge in [-0.2, -0.15) is 0 Å². The lowest BCUT2D eigenvalue weighted by molar-refractivity contribution is -0.141. The third kappa shape index (κ3) is 9.69. The highest BCUT2D eigenvalue weighted by Crippen LogP contribution is 2.21. The van der Waals surface area contributed by atoms with Crippen molar-refractivity contribution in [3.8, 4) is 0 Å². The summed E-state index contributed by atoms with van der Waals surface area (Å²) in [5.41, 5.74) is 3.23. The number of nitrogens with one attached hydrogen (secondary N) is 1. The van der Waals surface area contributed by atoms with Crippen molar-refractivity contribution < 1.29 is 22.4 Å². The summed E-state index contributed by atoms with van der Waals surface area (Å²) >= 11 is 0. The molecule has 0 radical (unpaired) electrons. The quantitative estimate of drug-likeness (QED) is 0.252. The topological polar surface area (TPSA) is 86.8 Å². The van der Waals surface area contributed by atoms with Crippen LogP contribution in [0.25, 0.3) is 0 Å². The predicted octanol–water partition coefficient (Wildman–Crippen LogP) is 5.49. The van der Waals surface area contributed by atoms with Crippen molar-refractivity contribution in [3.05, 3.63) is 101 Å². The highest BCUT2D eigenvalue weighted by molar-refractivity contribution is 7.92. The van der Waals surface area contributed by atoms with Crippen LogP contribution in [0.4, 0.5) is 10.1 Å². The maximum Gasteiger partial charge on any atom is 0.243 e. The minimum absolute atomic E-state index is 0.0299. The molecule has 0 saturated carbocycles. The number of rotatable bonds is 15.